The van der Waals surface area contributed by atoms with Crippen molar-refractivity contribution in [2.75, 3.05) is 21.9 Å². The summed E-state index contributed by atoms with van der Waals surface area (Å²) in [6, 6.07) is 12.5. The maximum Gasteiger partial charge on any atom is 0.265 e. The summed E-state index contributed by atoms with van der Waals surface area (Å²) in [5.74, 6) is 0.420. The zero-order valence-electron chi connectivity index (χ0n) is 15.1. The fourth-order valence-corrected chi connectivity index (χ4v) is 5.00. The SMILES string of the molecule is Cc1ccc(OC(C)C(=O)Nc2cccc(N3CCCS3(=O)=O)c2)c(Br)c1. The van der Waals surface area contributed by atoms with Crippen LogP contribution in [0.4, 0.5) is 11.4 Å². The number of carbonyl (C=O) groups excluding carboxylic acids is 1. The minimum Gasteiger partial charge on any atom is -0.480 e. The Morgan fingerprint density at radius 3 is 2.70 bits per heavy atom. The van der Waals surface area contributed by atoms with Crippen molar-refractivity contribution in [3.8, 4) is 5.75 Å². The van der Waals surface area contributed by atoms with Crippen molar-refractivity contribution in [3.63, 3.8) is 0 Å². The Kier molecular flexibility index (Phi) is 5.76. The van der Waals surface area contributed by atoms with Gasteiger partial charge in [-0.3, -0.25) is 9.10 Å². The number of hydrogen-bond acceptors (Lipinski definition) is 4. The van der Waals surface area contributed by atoms with Crippen LogP contribution >= 0.6 is 15.9 Å². The third-order valence-electron chi connectivity index (χ3n) is 4.26. The second-order valence-corrected chi connectivity index (χ2v) is 9.34. The van der Waals surface area contributed by atoms with E-state index in [0.717, 1.165) is 10.0 Å². The summed E-state index contributed by atoms with van der Waals surface area (Å²) < 4.78 is 32.0. The van der Waals surface area contributed by atoms with E-state index in [1.54, 1.807) is 31.2 Å². The van der Waals surface area contributed by atoms with Crippen molar-refractivity contribution in [1.82, 2.24) is 0 Å². The molecule has 0 radical (unpaired) electrons. The molecule has 1 saturated heterocycles. The number of amides is 1. The van der Waals surface area contributed by atoms with Crippen molar-refractivity contribution in [3.05, 3.63) is 52.5 Å². The monoisotopic (exact) mass is 452 g/mol. The topological polar surface area (TPSA) is 75.7 Å². The molecule has 1 heterocycles. The van der Waals surface area contributed by atoms with E-state index in [-0.39, 0.29) is 11.7 Å². The minimum absolute atomic E-state index is 0.153. The number of ether oxygens (including phenoxy) is 1. The van der Waals surface area contributed by atoms with Crippen LogP contribution in [0, 0.1) is 6.92 Å². The van der Waals surface area contributed by atoms with Crippen molar-refractivity contribution in [2.45, 2.75) is 26.4 Å². The molecule has 0 spiro atoms. The number of carbonyl (C=O) groups is 1. The summed E-state index contributed by atoms with van der Waals surface area (Å²) in [4.78, 5) is 12.5. The summed E-state index contributed by atoms with van der Waals surface area (Å²) in [5.41, 5.74) is 2.16. The smallest absolute Gasteiger partial charge is 0.265 e. The van der Waals surface area contributed by atoms with Crippen LogP contribution in [0.2, 0.25) is 0 Å². The first-order chi connectivity index (χ1) is 12.8. The Morgan fingerprint density at radius 2 is 2.04 bits per heavy atom. The number of halogens is 1. The molecule has 0 aliphatic carbocycles. The molecule has 0 saturated carbocycles. The highest BCUT2D eigenvalue weighted by Gasteiger charge is 2.28. The third-order valence-corrected chi connectivity index (χ3v) is 6.75. The molecule has 3 rings (SSSR count). The lowest BCUT2D eigenvalue weighted by molar-refractivity contribution is -0.122. The van der Waals surface area contributed by atoms with Gasteiger partial charge in [0.15, 0.2) is 6.10 Å². The maximum absolute atomic E-state index is 12.5. The Morgan fingerprint density at radius 1 is 1.26 bits per heavy atom. The van der Waals surface area contributed by atoms with Crippen molar-refractivity contribution in [1.29, 1.82) is 0 Å². The first-order valence-corrected chi connectivity index (χ1v) is 11.0. The Hall–Kier alpha value is -2.06. The minimum atomic E-state index is -3.26. The van der Waals surface area contributed by atoms with Crippen molar-refractivity contribution >= 4 is 43.2 Å². The third kappa shape index (κ3) is 4.62. The van der Waals surface area contributed by atoms with Crippen LogP contribution in [-0.4, -0.2) is 32.7 Å². The van der Waals surface area contributed by atoms with E-state index in [4.69, 9.17) is 4.74 Å². The standard InChI is InChI=1S/C19H21BrN2O4S/c1-13-7-8-18(17(20)11-13)26-14(2)19(23)21-15-5-3-6-16(12-15)22-9-4-10-27(22,24)25/h3,5-8,11-12,14H,4,9-10H2,1-2H3,(H,21,23). The van der Waals surface area contributed by atoms with Gasteiger partial charge in [0.05, 0.1) is 15.9 Å². The summed E-state index contributed by atoms with van der Waals surface area (Å²) in [7, 11) is -3.26. The fraction of sp³-hybridized carbons (Fsp3) is 0.316. The maximum atomic E-state index is 12.5. The van der Waals surface area contributed by atoms with Gasteiger partial charge in [0, 0.05) is 12.2 Å². The molecule has 1 unspecified atom stereocenters. The predicted octanol–water partition coefficient (Wildman–Crippen LogP) is 3.70. The predicted molar refractivity (Wildman–Crippen MR) is 110 cm³/mol. The normalized spacial score (nSPS) is 16.8. The fourth-order valence-electron chi connectivity index (χ4n) is 2.86. The molecule has 0 bridgehead atoms. The first-order valence-electron chi connectivity index (χ1n) is 8.60. The lowest BCUT2D eigenvalue weighted by Gasteiger charge is -2.19. The number of benzene rings is 2. The van der Waals surface area contributed by atoms with Crippen LogP contribution in [-0.2, 0) is 14.8 Å². The lowest BCUT2D eigenvalue weighted by Crippen LogP contribution is -2.30. The zero-order valence-corrected chi connectivity index (χ0v) is 17.5. The van der Waals surface area contributed by atoms with Gasteiger partial charge in [-0.15, -0.1) is 0 Å². The van der Waals surface area contributed by atoms with Gasteiger partial charge in [0.2, 0.25) is 10.0 Å². The Bertz CT molecular complexity index is 962. The van der Waals surface area contributed by atoms with Crippen LogP contribution in [0.25, 0.3) is 0 Å². The van der Waals surface area contributed by atoms with Crippen LogP contribution < -0.4 is 14.4 Å². The number of sulfonamides is 1. The molecule has 2 aromatic carbocycles. The summed E-state index contributed by atoms with van der Waals surface area (Å²) in [5, 5.41) is 2.78. The van der Waals surface area contributed by atoms with Gasteiger partial charge in [0.25, 0.3) is 5.91 Å². The van der Waals surface area contributed by atoms with E-state index in [1.165, 1.54) is 4.31 Å². The molecule has 1 N–H and O–H groups in total. The molecule has 144 valence electrons. The number of nitrogens with zero attached hydrogens (tertiary/aromatic N) is 1. The Labute approximate surface area is 167 Å². The van der Waals surface area contributed by atoms with Crippen molar-refractivity contribution < 1.29 is 17.9 Å². The average Bonchev–Trinajstić information content (AvgIpc) is 2.96. The molecule has 2 aromatic rings. The number of anilines is 2. The molecule has 27 heavy (non-hydrogen) atoms. The van der Waals surface area contributed by atoms with Crippen LogP contribution in [0.15, 0.2) is 46.9 Å². The first kappa shape index (κ1) is 19.7. The highest BCUT2D eigenvalue weighted by molar-refractivity contribution is 9.10. The summed E-state index contributed by atoms with van der Waals surface area (Å²) >= 11 is 3.43. The molecule has 1 atom stereocenters. The highest BCUT2D eigenvalue weighted by Crippen LogP contribution is 2.28. The molecule has 8 heteroatoms. The molecule has 1 fully saturated rings. The van der Waals surface area contributed by atoms with E-state index in [2.05, 4.69) is 21.2 Å². The molecule has 0 aromatic heterocycles. The molecule has 1 amide bonds. The van der Waals surface area contributed by atoms with Gasteiger partial charge in [-0.2, -0.15) is 0 Å². The molecule has 1 aliphatic heterocycles. The second-order valence-electron chi connectivity index (χ2n) is 6.48. The van der Waals surface area contributed by atoms with E-state index < -0.39 is 16.1 Å². The highest BCUT2D eigenvalue weighted by atomic mass is 79.9. The lowest BCUT2D eigenvalue weighted by atomic mass is 10.2. The number of rotatable bonds is 5. The van der Waals surface area contributed by atoms with Gasteiger partial charge < -0.3 is 10.1 Å². The number of nitrogens with one attached hydrogen (secondary N) is 1. The van der Waals surface area contributed by atoms with Crippen molar-refractivity contribution in [2.24, 2.45) is 0 Å². The quantitative estimate of drug-likeness (QED) is 0.749. The Balaban J connectivity index is 1.69. The van der Waals surface area contributed by atoms with E-state index in [9.17, 15) is 13.2 Å². The second kappa shape index (κ2) is 7.90. The van der Waals surface area contributed by atoms with Crippen LogP contribution in [0.3, 0.4) is 0 Å². The van der Waals surface area contributed by atoms with Gasteiger partial charge in [-0.1, -0.05) is 12.1 Å². The number of aryl methyl sites for hydroxylation is 1. The summed E-state index contributed by atoms with van der Waals surface area (Å²) in [6.07, 6.45) is -0.113. The van der Waals surface area contributed by atoms with Gasteiger partial charge in [0.1, 0.15) is 5.75 Å². The van der Waals surface area contributed by atoms with E-state index in [1.807, 2.05) is 25.1 Å². The number of hydrogen-bond donors (Lipinski definition) is 1. The van der Waals surface area contributed by atoms with Gasteiger partial charge in [-0.05, 0) is 72.1 Å². The molecule has 6 nitrogen and oxygen atoms in total. The zero-order chi connectivity index (χ0) is 19.6. The molecular weight excluding hydrogens is 432 g/mol. The molecular formula is C19H21BrN2O4S. The summed E-state index contributed by atoms with van der Waals surface area (Å²) in [6.45, 7) is 4.09. The average molecular weight is 453 g/mol. The van der Waals surface area contributed by atoms with Gasteiger partial charge in [-0.25, -0.2) is 8.42 Å². The molecule has 1 aliphatic rings. The van der Waals surface area contributed by atoms with E-state index in [0.29, 0.717) is 30.1 Å². The van der Waals surface area contributed by atoms with Crippen LogP contribution in [0.5, 0.6) is 5.75 Å². The van der Waals surface area contributed by atoms with Crippen LogP contribution in [0.1, 0.15) is 18.9 Å². The van der Waals surface area contributed by atoms with Gasteiger partial charge >= 0.3 is 0 Å². The van der Waals surface area contributed by atoms with E-state index >= 15 is 0 Å². The largest absolute Gasteiger partial charge is 0.480 e.